The lowest BCUT2D eigenvalue weighted by Gasteiger charge is -2.11. The maximum absolute atomic E-state index is 13.7. The molecule has 0 bridgehead atoms. The van der Waals surface area contributed by atoms with Gasteiger partial charge in [-0.2, -0.15) is 0 Å². The third-order valence-electron chi connectivity index (χ3n) is 2.42. The normalized spacial score (nSPS) is 19.2. The standard InChI is InChI=1S/C11H12F2N2O/c1-6-5-14-11(15-6)9-8(16-2)4-3-7(12)10(9)13/h3-4,6H,5H2,1-2H3,(H,14,15). The highest BCUT2D eigenvalue weighted by molar-refractivity contribution is 6.02. The number of hydrogen-bond acceptors (Lipinski definition) is 3. The van der Waals surface area contributed by atoms with Crippen molar-refractivity contribution in [3.63, 3.8) is 0 Å². The molecule has 1 unspecified atom stereocenters. The fourth-order valence-electron chi connectivity index (χ4n) is 1.63. The number of nitrogens with zero attached hydrogens (tertiary/aromatic N) is 1. The van der Waals surface area contributed by atoms with Gasteiger partial charge in [0.15, 0.2) is 11.6 Å². The molecule has 0 spiro atoms. The van der Waals surface area contributed by atoms with Gasteiger partial charge in [-0.05, 0) is 19.1 Å². The summed E-state index contributed by atoms with van der Waals surface area (Å²) in [5.74, 6) is -1.21. The van der Waals surface area contributed by atoms with Gasteiger partial charge in [-0.25, -0.2) is 8.78 Å². The Morgan fingerprint density at radius 3 is 2.75 bits per heavy atom. The van der Waals surface area contributed by atoms with Gasteiger partial charge in [0.05, 0.1) is 19.2 Å². The maximum Gasteiger partial charge on any atom is 0.173 e. The van der Waals surface area contributed by atoms with Crippen LogP contribution in [0.5, 0.6) is 5.75 Å². The number of hydrogen-bond donors (Lipinski definition) is 1. The number of benzene rings is 1. The topological polar surface area (TPSA) is 33.6 Å². The molecule has 0 fully saturated rings. The Labute approximate surface area is 92.1 Å². The van der Waals surface area contributed by atoms with E-state index in [9.17, 15) is 8.78 Å². The number of aliphatic imine (C=N–C) groups is 1. The van der Waals surface area contributed by atoms with Gasteiger partial charge in [0.2, 0.25) is 0 Å². The summed E-state index contributed by atoms with van der Waals surface area (Å²) in [4.78, 5) is 4.12. The first-order chi connectivity index (χ1) is 7.63. The smallest absolute Gasteiger partial charge is 0.173 e. The molecule has 2 rings (SSSR count). The van der Waals surface area contributed by atoms with E-state index in [-0.39, 0.29) is 17.4 Å². The number of rotatable bonds is 2. The van der Waals surface area contributed by atoms with Crippen molar-refractivity contribution in [2.24, 2.45) is 4.99 Å². The Balaban J connectivity index is 2.50. The lowest BCUT2D eigenvalue weighted by atomic mass is 10.1. The van der Waals surface area contributed by atoms with Crippen LogP contribution in [0.3, 0.4) is 0 Å². The molecule has 1 aliphatic rings. The molecule has 1 heterocycles. The van der Waals surface area contributed by atoms with Gasteiger partial charge in [0.1, 0.15) is 11.6 Å². The molecule has 0 saturated carbocycles. The maximum atomic E-state index is 13.7. The Hall–Kier alpha value is -1.65. The van der Waals surface area contributed by atoms with Crippen LogP contribution in [-0.4, -0.2) is 25.5 Å². The van der Waals surface area contributed by atoms with Crippen LogP contribution in [0.25, 0.3) is 0 Å². The van der Waals surface area contributed by atoms with Crippen LogP contribution in [0.2, 0.25) is 0 Å². The molecule has 86 valence electrons. The monoisotopic (exact) mass is 226 g/mol. The van der Waals surface area contributed by atoms with Gasteiger partial charge in [-0.1, -0.05) is 0 Å². The molecule has 3 nitrogen and oxygen atoms in total. The predicted molar refractivity (Wildman–Crippen MR) is 56.9 cm³/mol. The van der Waals surface area contributed by atoms with E-state index in [1.54, 1.807) is 0 Å². The summed E-state index contributed by atoms with van der Waals surface area (Å²) in [5, 5.41) is 2.98. The number of amidine groups is 1. The van der Waals surface area contributed by atoms with Crippen LogP contribution in [0.4, 0.5) is 8.78 Å². The SMILES string of the molecule is COc1ccc(F)c(F)c1C1=NCC(C)N1. The number of ether oxygens (including phenoxy) is 1. The molecule has 5 heteroatoms. The quantitative estimate of drug-likeness (QED) is 0.832. The largest absolute Gasteiger partial charge is 0.496 e. The third kappa shape index (κ3) is 1.73. The van der Waals surface area contributed by atoms with E-state index < -0.39 is 11.6 Å². The summed E-state index contributed by atoms with van der Waals surface area (Å²) in [6, 6.07) is 2.56. The molecular weight excluding hydrogens is 214 g/mol. The van der Waals surface area contributed by atoms with Crippen LogP contribution < -0.4 is 10.1 Å². The molecule has 0 radical (unpaired) electrons. The molecule has 1 aromatic rings. The van der Waals surface area contributed by atoms with Crippen molar-refractivity contribution in [2.45, 2.75) is 13.0 Å². The van der Waals surface area contributed by atoms with Gasteiger partial charge in [-0.3, -0.25) is 4.99 Å². The summed E-state index contributed by atoms with van der Waals surface area (Å²) in [6.45, 7) is 2.47. The van der Waals surface area contributed by atoms with Gasteiger partial charge in [-0.15, -0.1) is 0 Å². The molecule has 0 aromatic heterocycles. The Morgan fingerprint density at radius 1 is 1.44 bits per heavy atom. The van der Waals surface area contributed by atoms with Crippen molar-refractivity contribution in [2.75, 3.05) is 13.7 Å². The molecule has 1 atom stereocenters. The lowest BCUT2D eigenvalue weighted by Crippen LogP contribution is -2.29. The molecule has 0 amide bonds. The molecule has 16 heavy (non-hydrogen) atoms. The van der Waals surface area contributed by atoms with Crippen molar-refractivity contribution in [1.82, 2.24) is 5.32 Å². The van der Waals surface area contributed by atoms with E-state index in [2.05, 4.69) is 10.3 Å². The molecular formula is C11H12F2N2O. The minimum absolute atomic E-state index is 0.0619. The zero-order valence-corrected chi connectivity index (χ0v) is 9.05. The summed E-state index contributed by atoms with van der Waals surface area (Å²) >= 11 is 0. The molecule has 1 N–H and O–H groups in total. The first-order valence-corrected chi connectivity index (χ1v) is 4.97. The molecule has 0 saturated heterocycles. The van der Waals surface area contributed by atoms with E-state index in [0.717, 1.165) is 6.07 Å². The fourth-order valence-corrected chi connectivity index (χ4v) is 1.63. The minimum Gasteiger partial charge on any atom is -0.496 e. The van der Waals surface area contributed by atoms with Crippen molar-refractivity contribution >= 4 is 5.84 Å². The second-order valence-corrected chi connectivity index (χ2v) is 3.67. The van der Waals surface area contributed by atoms with Crippen LogP contribution in [0, 0.1) is 11.6 Å². The summed E-state index contributed by atoms with van der Waals surface area (Å²) < 4.78 is 31.8. The van der Waals surface area contributed by atoms with Crippen LogP contribution in [-0.2, 0) is 0 Å². The van der Waals surface area contributed by atoms with Gasteiger partial charge in [0, 0.05) is 6.04 Å². The zero-order valence-electron chi connectivity index (χ0n) is 9.05. The molecule has 0 aliphatic carbocycles. The minimum atomic E-state index is -0.931. The van der Waals surface area contributed by atoms with Gasteiger partial charge in [0.25, 0.3) is 0 Å². The molecule has 1 aliphatic heterocycles. The average Bonchev–Trinajstić information content (AvgIpc) is 2.68. The van der Waals surface area contributed by atoms with Crippen molar-refractivity contribution < 1.29 is 13.5 Å². The van der Waals surface area contributed by atoms with E-state index in [1.807, 2.05) is 6.92 Å². The summed E-state index contributed by atoms with van der Waals surface area (Å²) in [7, 11) is 1.41. The summed E-state index contributed by atoms with van der Waals surface area (Å²) in [6.07, 6.45) is 0. The third-order valence-corrected chi connectivity index (χ3v) is 2.42. The summed E-state index contributed by atoms with van der Waals surface area (Å²) in [5.41, 5.74) is 0.0619. The van der Waals surface area contributed by atoms with E-state index in [0.29, 0.717) is 12.4 Å². The van der Waals surface area contributed by atoms with E-state index in [1.165, 1.54) is 13.2 Å². The first kappa shape index (κ1) is 10.9. The lowest BCUT2D eigenvalue weighted by molar-refractivity contribution is 0.404. The highest BCUT2D eigenvalue weighted by Crippen LogP contribution is 2.25. The number of nitrogens with one attached hydrogen (secondary N) is 1. The first-order valence-electron chi connectivity index (χ1n) is 4.97. The van der Waals surface area contributed by atoms with E-state index in [4.69, 9.17) is 4.74 Å². The number of methoxy groups -OCH3 is 1. The number of halogens is 2. The van der Waals surface area contributed by atoms with Gasteiger partial charge < -0.3 is 10.1 Å². The second kappa shape index (κ2) is 4.08. The van der Waals surface area contributed by atoms with E-state index >= 15 is 0 Å². The van der Waals surface area contributed by atoms with Crippen LogP contribution in [0.1, 0.15) is 12.5 Å². The predicted octanol–water partition coefficient (Wildman–Crippen LogP) is 1.71. The van der Waals surface area contributed by atoms with Crippen molar-refractivity contribution in [3.05, 3.63) is 29.3 Å². The molecule has 1 aromatic carbocycles. The zero-order chi connectivity index (χ0) is 11.7. The van der Waals surface area contributed by atoms with Crippen LogP contribution in [0.15, 0.2) is 17.1 Å². The fraction of sp³-hybridized carbons (Fsp3) is 0.364. The van der Waals surface area contributed by atoms with Gasteiger partial charge >= 0.3 is 0 Å². The van der Waals surface area contributed by atoms with Crippen LogP contribution >= 0.6 is 0 Å². The highest BCUT2D eigenvalue weighted by Gasteiger charge is 2.23. The van der Waals surface area contributed by atoms with Crippen molar-refractivity contribution in [1.29, 1.82) is 0 Å². The average molecular weight is 226 g/mol. The Morgan fingerprint density at radius 2 is 2.19 bits per heavy atom. The Kier molecular flexibility index (Phi) is 2.77. The Bertz CT molecular complexity index is 446. The highest BCUT2D eigenvalue weighted by atomic mass is 19.2. The van der Waals surface area contributed by atoms with Crippen molar-refractivity contribution in [3.8, 4) is 5.75 Å². The second-order valence-electron chi connectivity index (χ2n) is 3.67.